The summed E-state index contributed by atoms with van der Waals surface area (Å²) in [4.78, 5) is 7.71. The molecule has 0 saturated carbocycles. The molecule has 0 radical (unpaired) electrons. The van der Waals surface area contributed by atoms with E-state index in [4.69, 9.17) is 0 Å². The third kappa shape index (κ3) is 10.3. The molecule has 5 heteroatoms. The highest BCUT2D eigenvalue weighted by Gasteiger charge is 2.25. The van der Waals surface area contributed by atoms with Gasteiger partial charge in [-0.1, -0.05) is 50.6 Å². The van der Waals surface area contributed by atoms with Crippen molar-refractivity contribution in [2.75, 3.05) is 66.5 Å². The lowest BCUT2D eigenvalue weighted by molar-refractivity contribution is 0.191. The summed E-state index contributed by atoms with van der Waals surface area (Å²) in [6.45, 7) is 14.3. The molecule has 0 bridgehead atoms. The molecule has 0 aliphatic carbocycles. The van der Waals surface area contributed by atoms with Gasteiger partial charge in [-0.05, 0) is 83.7 Å². The van der Waals surface area contributed by atoms with Gasteiger partial charge in [-0.3, -0.25) is 4.90 Å². The third-order valence-corrected chi connectivity index (χ3v) is 7.64. The Balaban J connectivity index is 1.56. The number of hydrogen-bond donors (Lipinski definition) is 2. The van der Waals surface area contributed by atoms with Gasteiger partial charge in [0.1, 0.15) is 0 Å². The second-order valence-corrected chi connectivity index (χ2v) is 11.5. The van der Waals surface area contributed by atoms with Gasteiger partial charge >= 0.3 is 0 Å². The van der Waals surface area contributed by atoms with Gasteiger partial charge in [0.15, 0.2) is 0 Å². The minimum absolute atomic E-state index is 0.467. The molecule has 0 amide bonds. The summed E-state index contributed by atoms with van der Waals surface area (Å²) in [7, 11) is 4.37. The van der Waals surface area contributed by atoms with Crippen LogP contribution in [0.2, 0.25) is 0 Å². The number of piperidine rings is 1. The number of benzene rings is 1. The molecule has 0 aromatic heterocycles. The highest BCUT2D eigenvalue weighted by atomic mass is 15.2. The van der Waals surface area contributed by atoms with Gasteiger partial charge in [0.2, 0.25) is 0 Å². The Labute approximate surface area is 210 Å². The first-order valence-corrected chi connectivity index (χ1v) is 14.1. The van der Waals surface area contributed by atoms with E-state index in [1.165, 1.54) is 76.8 Å². The molecule has 0 unspecified atom stereocenters. The van der Waals surface area contributed by atoms with Crippen LogP contribution in [-0.4, -0.2) is 99.3 Å². The van der Waals surface area contributed by atoms with Gasteiger partial charge in [0, 0.05) is 50.8 Å². The van der Waals surface area contributed by atoms with Gasteiger partial charge in [-0.25, -0.2) is 0 Å². The van der Waals surface area contributed by atoms with Crippen LogP contribution in [0.1, 0.15) is 57.9 Å². The highest BCUT2D eigenvalue weighted by Crippen LogP contribution is 2.17. The standard InChI is InChI=1S/C29H53N5/c1-25(2)20-28(24-33-15-9-6-10-16-33)30-22-27(21-26-12-7-5-8-13-26)31-23-29-14-11-17-34(29)19-18-32(3)4/h5,7-8,12-13,25,27-31H,6,9-11,14-24H2,1-4H3/t27-,28-,29-/m0/s1. The molecule has 34 heavy (non-hydrogen) atoms. The third-order valence-electron chi connectivity index (χ3n) is 7.64. The molecule has 0 spiro atoms. The first kappa shape index (κ1) is 27.6. The van der Waals surface area contributed by atoms with Gasteiger partial charge in [-0.2, -0.15) is 0 Å². The average Bonchev–Trinajstić information content (AvgIpc) is 3.27. The predicted molar refractivity (Wildman–Crippen MR) is 147 cm³/mol. The Kier molecular flexibility index (Phi) is 12.3. The monoisotopic (exact) mass is 471 g/mol. The van der Waals surface area contributed by atoms with E-state index in [1.54, 1.807) is 0 Å². The van der Waals surface area contributed by atoms with Crippen LogP contribution in [0.15, 0.2) is 30.3 Å². The molecule has 2 aliphatic rings. The highest BCUT2D eigenvalue weighted by molar-refractivity contribution is 5.16. The van der Waals surface area contributed by atoms with E-state index >= 15 is 0 Å². The first-order valence-electron chi connectivity index (χ1n) is 14.1. The summed E-state index contributed by atoms with van der Waals surface area (Å²) >= 11 is 0. The average molecular weight is 472 g/mol. The van der Waals surface area contributed by atoms with Crippen LogP contribution in [0.4, 0.5) is 0 Å². The first-order chi connectivity index (χ1) is 16.5. The quantitative estimate of drug-likeness (QED) is 0.408. The molecule has 2 N–H and O–H groups in total. The molecule has 2 fully saturated rings. The Morgan fingerprint density at radius 1 is 0.941 bits per heavy atom. The Morgan fingerprint density at radius 2 is 1.71 bits per heavy atom. The van der Waals surface area contributed by atoms with E-state index in [9.17, 15) is 0 Å². The van der Waals surface area contributed by atoms with Gasteiger partial charge < -0.3 is 20.4 Å². The molecule has 2 aliphatic heterocycles. The summed E-state index contributed by atoms with van der Waals surface area (Å²) in [6.07, 6.45) is 9.18. The number of hydrogen-bond acceptors (Lipinski definition) is 5. The van der Waals surface area contributed by atoms with Crippen molar-refractivity contribution in [3.63, 3.8) is 0 Å². The lowest BCUT2D eigenvalue weighted by Crippen LogP contribution is -2.51. The van der Waals surface area contributed by atoms with Crippen LogP contribution in [0.25, 0.3) is 0 Å². The minimum atomic E-state index is 0.467. The zero-order valence-electron chi connectivity index (χ0n) is 22.6. The lowest BCUT2D eigenvalue weighted by atomic mass is 10.0. The Bertz CT molecular complexity index is 643. The van der Waals surface area contributed by atoms with Crippen LogP contribution in [0.3, 0.4) is 0 Å². The van der Waals surface area contributed by atoms with Crippen LogP contribution in [0.5, 0.6) is 0 Å². The minimum Gasteiger partial charge on any atom is -0.311 e. The van der Waals surface area contributed by atoms with Crippen molar-refractivity contribution >= 4 is 0 Å². The number of nitrogens with zero attached hydrogens (tertiary/aromatic N) is 3. The normalized spacial score (nSPS) is 22.0. The Hall–Kier alpha value is -0.980. The van der Waals surface area contributed by atoms with Crippen molar-refractivity contribution in [1.82, 2.24) is 25.3 Å². The molecule has 1 aromatic rings. The lowest BCUT2D eigenvalue weighted by Gasteiger charge is -2.33. The van der Waals surface area contributed by atoms with E-state index in [0.717, 1.165) is 32.0 Å². The number of likely N-dealkylation sites (tertiary alicyclic amines) is 2. The molecule has 194 valence electrons. The molecule has 1 aromatic carbocycles. The topological polar surface area (TPSA) is 33.8 Å². The van der Waals surface area contributed by atoms with Crippen molar-refractivity contribution in [1.29, 1.82) is 0 Å². The van der Waals surface area contributed by atoms with Gasteiger partial charge in [0.25, 0.3) is 0 Å². The van der Waals surface area contributed by atoms with Crippen molar-refractivity contribution in [3.05, 3.63) is 35.9 Å². The van der Waals surface area contributed by atoms with Gasteiger partial charge in [-0.15, -0.1) is 0 Å². The molecule has 2 saturated heterocycles. The van der Waals surface area contributed by atoms with E-state index in [0.29, 0.717) is 18.1 Å². The number of nitrogens with one attached hydrogen (secondary N) is 2. The summed E-state index contributed by atoms with van der Waals surface area (Å²) in [5.41, 5.74) is 1.44. The van der Waals surface area contributed by atoms with E-state index in [-0.39, 0.29) is 0 Å². The fraction of sp³-hybridized carbons (Fsp3) is 0.793. The van der Waals surface area contributed by atoms with Crippen LogP contribution >= 0.6 is 0 Å². The molecule has 5 nitrogen and oxygen atoms in total. The second-order valence-electron chi connectivity index (χ2n) is 11.5. The van der Waals surface area contributed by atoms with Crippen molar-refractivity contribution in [2.24, 2.45) is 5.92 Å². The zero-order chi connectivity index (χ0) is 24.2. The van der Waals surface area contributed by atoms with E-state index in [1.807, 2.05) is 0 Å². The maximum Gasteiger partial charge on any atom is 0.0233 e. The predicted octanol–water partition coefficient (Wildman–Crippen LogP) is 3.70. The largest absolute Gasteiger partial charge is 0.311 e. The van der Waals surface area contributed by atoms with Crippen LogP contribution in [0, 0.1) is 5.92 Å². The van der Waals surface area contributed by atoms with Crippen LogP contribution in [-0.2, 0) is 6.42 Å². The SMILES string of the molecule is CC(C)C[C@@H](CN1CCCCC1)NC[C@H](Cc1ccccc1)NC[C@@H]1CCCN1CCN(C)C. The summed E-state index contributed by atoms with van der Waals surface area (Å²) in [5.74, 6) is 0.728. The molecule has 2 heterocycles. The van der Waals surface area contributed by atoms with Gasteiger partial charge in [0.05, 0.1) is 0 Å². The fourth-order valence-corrected chi connectivity index (χ4v) is 5.72. The zero-order valence-corrected chi connectivity index (χ0v) is 22.6. The molecule has 3 rings (SSSR count). The maximum atomic E-state index is 4.02. The van der Waals surface area contributed by atoms with Crippen molar-refractivity contribution < 1.29 is 0 Å². The fourth-order valence-electron chi connectivity index (χ4n) is 5.72. The second kappa shape index (κ2) is 15.2. The Morgan fingerprint density at radius 3 is 2.41 bits per heavy atom. The number of likely N-dealkylation sites (N-methyl/N-ethyl adjacent to an activating group) is 1. The van der Waals surface area contributed by atoms with Crippen molar-refractivity contribution in [3.8, 4) is 0 Å². The molecule has 3 atom stereocenters. The summed E-state index contributed by atoms with van der Waals surface area (Å²) in [6, 6.07) is 12.8. The number of rotatable bonds is 15. The van der Waals surface area contributed by atoms with E-state index < -0.39 is 0 Å². The molecular formula is C29H53N5. The summed E-state index contributed by atoms with van der Waals surface area (Å²) in [5, 5.41) is 8.03. The van der Waals surface area contributed by atoms with Crippen LogP contribution < -0.4 is 10.6 Å². The smallest absolute Gasteiger partial charge is 0.0233 e. The maximum absolute atomic E-state index is 4.02. The molecular weight excluding hydrogens is 418 g/mol. The van der Waals surface area contributed by atoms with Crippen molar-refractivity contribution in [2.45, 2.75) is 76.9 Å². The summed E-state index contributed by atoms with van der Waals surface area (Å²) < 4.78 is 0. The van der Waals surface area contributed by atoms with E-state index in [2.05, 4.69) is 83.6 Å².